The number of Topliss-reactive ketones (excluding diaryl/α,β-unsaturated/α-hetero) is 1. The molecule has 0 aliphatic rings. The van der Waals surface area contributed by atoms with Gasteiger partial charge in [-0.05, 0) is 31.2 Å². The lowest BCUT2D eigenvalue weighted by Crippen LogP contribution is -2.26. The Labute approximate surface area is 121 Å². The molecule has 0 bridgehead atoms. The van der Waals surface area contributed by atoms with Crippen LogP contribution in [0.2, 0.25) is 0 Å². The van der Waals surface area contributed by atoms with Crippen LogP contribution in [0.5, 0.6) is 11.6 Å². The maximum atomic E-state index is 12.2. The Morgan fingerprint density at radius 3 is 2.52 bits per heavy atom. The Morgan fingerprint density at radius 2 is 1.90 bits per heavy atom. The molecule has 0 saturated heterocycles. The molecule has 21 heavy (non-hydrogen) atoms. The van der Waals surface area contributed by atoms with Gasteiger partial charge in [-0.1, -0.05) is 0 Å². The fourth-order valence-electron chi connectivity index (χ4n) is 1.78. The molecule has 0 amide bonds. The van der Waals surface area contributed by atoms with Crippen molar-refractivity contribution in [2.24, 2.45) is 0 Å². The van der Waals surface area contributed by atoms with Crippen LogP contribution in [0, 0.1) is 0 Å². The highest BCUT2D eigenvalue weighted by atomic mass is 16.5. The number of hydrogen-bond donors (Lipinski definition) is 0. The lowest BCUT2D eigenvalue weighted by atomic mass is 10.1. The predicted octanol–water partition coefficient (Wildman–Crippen LogP) is 1.53. The van der Waals surface area contributed by atoms with Crippen molar-refractivity contribution in [2.45, 2.75) is 13.5 Å². The number of ether oxygens (including phenoxy) is 2. The van der Waals surface area contributed by atoms with E-state index in [4.69, 9.17) is 9.47 Å². The molecule has 0 aliphatic carbocycles. The van der Waals surface area contributed by atoms with Crippen molar-refractivity contribution in [1.29, 1.82) is 0 Å². The van der Waals surface area contributed by atoms with E-state index in [1.165, 1.54) is 19.2 Å². The lowest BCUT2D eigenvalue weighted by Gasteiger charge is -2.07. The third kappa shape index (κ3) is 3.68. The predicted molar refractivity (Wildman–Crippen MR) is 77.0 cm³/mol. The van der Waals surface area contributed by atoms with Crippen molar-refractivity contribution in [1.82, 2.24) is 9.78 Å². The maximum absolute atomic E-state index is 12.2. The van der Waals surface area contributed by atoms with E-state index >= 15 is 0 Å². The number of hydrogen-bond acceptors (Lipinski definition) is 5. The van der Waals surface area contributed by atoms with Crippen molar-refractivity contribution < 1.29 is 14.3 Å². The molecule has 0 radical (unpaired) electrons. The van der Waals surface area contributed by atoms with Gasteiger partial charge in [0.05, 0.1) is 13.7 Å². The van der Waals surface area contributed by atoms with E-state index in [-0.39, 0.29) is 23.8 Å². The highest BCUT2D eigenvalue weighted by Gasteiger charge is 2.10. The van der Waals surface area contributed by atoms with Crippen LogP contribution in [0.1, 0.15) is 17.3 Å². The molecule has 6 heteroatoms. The first-order valence-electron chi connectivity index (χ1n) is 6.52. The number of ketones is 1. The van der Waals surface area contributed by atoms with Gasteiger partial charge in [0.2, 0.25) is 5.88 Å². The van der Waals surface area contributed by atoms with E-state index in [1.807, 2.05) is 6.92 Å². The average molecular weight is 288 g/mol. The Morgan fingerprint density at radius 1 is 1.19 bits per heavy atom. The van der Waals surface area contributed by atoms with Crippen LogP contribution in [-0.4, -0.2) is 29.3 Å². The molecule has 0 saturated carbocycles. The summed E-state index contributed by atoms with van der Waals surface area (Å²) in [6, 6.07) is 9.55. The van der Waals surface area contributed by atoms with Crippen LogP contribution in [-0.2, 0) is 6.54 Å². The van der Waals surface area contributed by atoms with Crippen LogP contribution in [0.15, 0.2) is 41.2 Å². The van der Waals surface area contributed by atoms with Crippen molar-refractivity contribution in [3.63, 3.8) is 0 Å². The summed E-state index contributed by atoms with van der Waals surface area (Å²) < 4.78 is 11.3. The van der Waals surface area contributed by atoms with Gasteiger partial charge in [0, 0.05) is 17.7 Å². The van der Waals surface area contributed by atoms with Crippen LogP contribution < -0.4 is 15.0 Å². The molecule has 0 spiro atoms. The zero-order valence-corrected chi connectivity index (χ0v) is 11.9. The largest absolute Gasteiger partial charge is 0.494 e. The first-order valence-corrected chi connectivity index (χ1v) is 6.52. The minimum atomic E-state index is -0.352. The maximum Gasteiger partial charge on any atom is 0.267 e. The van der Waals surface area contributed by atoms with Crippen molar-refractivity contribution in [2.75, 3.05) is 13.7 Å². The molecule has 6 nitrogen and oxygen atoms in total. The van der Waals surface area contributed by atoms with Crippen LogP contribution >= 0.6 is 0 Å². The fourth-order valence-corrected chi connectivity index (χ4v) is 1.78. The van der Waals surface area contributed by atoms with Crippen LogP contribution in [0.25, 0.3) is 0 Å². The summed E-state index contributed by atoms with van der Waals surface area (Å²) in [6.45, 7) is 2.32. The van der Waals surface area contributed by atoms with Gasteiger partial charge in [-0.2, -0.15) is 0 Å². The first kappa shape index (κ1) is 14.8. The quantitative estimate of drug-likeness (QED) is 0.754. The summed E-state index contributed by atoms with van der Waals surface area (Å²) in [4.78, 5) is 23.8. The number of nitrogens with zero attached hydrogens (tertiary/aromatic N) is 2. The van der Waals surface area contributed by atoms with Crippen molar-refractivity contribution in [3.8, 4) is 11.6 Å². The minimum absolute atomic E-state index is 0.135. The van der Waals surface area contributed by atoms with E-state index < -0.39 is 0 Å². The van der Waals surface area contributed by atoms with Gasteiger partial charge in [-0.3, -0.25) is 9.59 Å². The van der Waals surface area contributed by atoms with Gasteiger partial charge in [0.15, 0.2) is 5.78 Å². The van der Waals surface area contributed by atoms with Gasteiger partial charge < -0.3 is 9.47 Å². The second kappa shape index (κ2) is 6.69. The average Bonchev–Trinajstić information content (AvgIpc) is 2.50. The fraction of sp³-hybridized carbons (Fsp3) is 0.267. The Bertz CT molecular complexity index is 677. The van der Waals surface area contributed by atoms with Crippen molar-refractivity contribution >= 4 is 5.78 Å². The summed E-state index contributed by atoms with van der Waals surface area (Å²) in [5.41, 5.74) is 0.144. The molecule has 0 atom stereocenters. The van der Waals surface area contributed by atoms with E-state index in [1.54, 1.807) is 24.3 Å². The number of carbonyl (C=O) groups excluding carboxylic acids is 1. The third-order valence-electron chi connectivity index (χ3n) is 2.83. The summed E-state index contributed by atoms with van der Waals surface area (Å²) in [5.74, 6) is 0.778. The van der Waals surface area contributed by atoms with E-state index in [0.717, 1.165) is 4.68 Å². The lowest BCUT2D eigenvalue weighted by molar-refractivity contribution is 0.0965. The number of aromatic nitrogens is 2. The van der Waals surface area contributed by atoms with Gasteiger partial charge in [-0.15, -0.1) is 5.10 Å². The number of carbonyl (C=O) groups is 1. The molecular formula is C15H16N2O4. The summed E-state index contributed by atoms with van der Waals surface area (Å²) in [7, 11) is 1.45. The molecule has 2 aromatic rings. The molecule has 0 N–H and O–H groups in total. The molecule has 2 rings (SSSR count). The van der Waals surface area contributed by atoms with Crippen molar-refractivity contribution in [3.05, 3.63) is 52.3 Å². The molecule has 0 aliphatic heterocycles. The van der Waals surface area contributed by atoms with Gasteiger partial charge >= 0.3 is 0 Å². The van der Waals surface area contributed by atoms with Gasteiger partial charge in [0.1, 0.15) is 12.3 Å². The summed E-state index contributed by atoms with van der Waals surface area (Å²) in [5, 5.41) is 3.94. The molecule has 0 fully saturated rings. The monoisotopic (exact) mass is 288 g/mol. The normalized spacial score (nSPS) is 10.2. The van der Waals surface area contributed by atoms with Crippen LogP contribution in [0.4, 0.5) is 0 Å². The minimum Gasteiger partial charge on any atom is -0.494 e. The molecule has 110 valence electrons. The second-order valence-electron chi connectivity index (χ2n) is 4.25. The highest BCUT2D eigenvalue weighted by molar-refractivity contribution is 5.95. The van der Waals surface area contributed by atoms with Gasteiger partial charge in [0.25, 0.3) is 5.56 Å². The van der Waals surface area contributed by atoms with E-state index in [9.17, 15) is 9.59 Å². The summed E-state index contributed by atoms with van der Waals surface area (Å²) in [6.07, 6.45) is 0. The molecule has 0 unspecified atom stereocenters. The molecule has 1 aromatic heterocycles. The Hall–Kier alpha value is -2.63. The molecule has 1 heterocycles. The Balaban J connectivity index is 2.15. The Kier molecular flexibility index (Phi) is 4.71. The SMILES string of the molecule is CCOc1ccc(C(=O)Cn2nc(OC)ccc2=O)cc1. The zero-order valence-electron chi connectivity index (χ0n) is 11.9. The van der Waals surface area contributed by atoms with Crippen LogP contribution in [0.3, 0.4) is 0 Å². The highest BCUT2D eigenvalue weighted by Crippen LogP contribution is 2.13. The molecular weight excluding hydrogens is 272 g/mol. The third-order valence-corrected chi connectivity index (χ3v) is 2.83. The summed E-state index contributed by atoms with van der Waals surface area (Å²) >= 11 is 0. The number of benzene rings is 1. The first-order chi connectivity index (χ1) is 10.1. The van der Waals surface area contributed by atoms with Gasteiger partial charge in [-0.25, -0.2) is 4.68 Å². The second-order valence-corrected chi connectivity index (χ2v) is 4.25. The topological polar surface area (TPSA) is 70.4 Å². The molecule has 1 aromatic carbocycles. The number of rotatable bonds is 6. The standard InChI is InChI=1S/C15H16N2O4/c1-3-21-12-6-4-11(5-7-12)13(18)10-17-15(19)9-8-14(16-17)20-2/h4-9H,3,10H2,1-2H3. The number of methoxy groups -OCH3 is 1. The zero-order chi connectivity index (χ0) is 15.2. The smallest absolute Gasteiger partial charge is 0.267 e. The van der Waals surface area contributed by atoms with E-state index in [2.05, 4.69) is 5.10 Å². The van der Waals surface area contributed by atoms with E-state index in [0.29, 0.717) is 17.9 Å².